The van der Waals surface area contributed by atoms with Crippen molar-refractivity contribution in [1.29, 1.82) is 0 Å². The predicted molar refractivity (Wildman–Crippen MR) is 73.7 cm³/mol. The fourth-order valence-corrected chi connectivity index (χ4v) is 1.46. The number of carbonyl (C=O) groups excluding carboxylic acids is 1. The SMILES string of the molecule is CC(CNCC(=O)NCc1ccccc1)C(N)=NO. The van der Waals surface area contributed by atoms with Gasteiger partial charge in [-0.1, -0.05) is 42.4 Å². The summed E-state index contributed by atoms with van der Waals surface area (Å²) in [5.74, 6) is -0.0559. The molecule has 0 radical (unpaired) electrons. The molecule has 1 aromatic rings. The smallest absolute Gasteiger partial charge is 0.234 e. The maximum Gasteiger partial charge on any atom is 0.234 e. The molecule has 6 heteroatoms. The number of nitrogens with one attached hydrogen (secondary N) is 2. The van der Waals surface area contributed by atoms with Crippen LogP contribution in [0.25, 0.3) is 0 Å². The van der Waals surface area contributed by atoms with E-state index in [1.807, 2.05) is 37.3 Å². The summed E-state index contributed by atoms with van der Waals surface area (Å²) in [5.41, 5.74) is 6.48. The van der Waals surface area contributed by atoms with Crippen LogP contribution in [0.4, 0.5) is 0 Å². The number of nitrogens with zero attached hydrogens (tertiary/aromatic N) is 1. The normalized spacial score (nSPS) is 13.0. The highest BCUT2D eigenvalue weighted by atomic mass is 16.4. The molecule has 6 nitrogen and oxygen atoms in total. The van der Waals surface area contributed by atoms with Crippen LogP contribution in [0.3, 0.4) is 0 Å². The van der Waals surface area contributed by atoms with Crippen molar-refractivity contribution in [2.45, 2.75) is 13.5 Å². The van der Waals surface area contributed by atoms with Gasteiger partial charge in [-0.15, -0.1) is 0 Å². The van der Waals surface area contributed by atoms with E-state index in [1.165, 1.54) is 0 Å². The van der Waals surface area contributed by atoms with Gasteiger partial charge in [0.2, 0.25) is 5.91 Å². The Bertz CT molecular complexity index is 420. The van der Waals surface area contributed by atoms with Crippen LogP contribution in [0.5, 0.6) is 0 Å². The zero-order valence-electron chi connectivity index (χ0n) is 11.0. The molecule has 1 aromatic carbocycles. The zero-order chi connectivity index (χ0) is 14.1. The van der Waals surface area contributed by atoms with Crippen LogP contribution in [-0.2, 0) is 11.3 Å². The highest BCUT2D eigenvalue weighted by Gasteiger charge is 2.08. The zero-order valence-corrected chi connectivity index (χ0v) is 11.0. The maximum absolute atomic E-state index is 11.6. The predicted octanol–water partition coefficient (Wildman–Crippen LogP) is 0.275. The van der Waals surface area contributed by atoms with Gasteiger partial charge in [0.15, 0.2) is 0 Å². The van der Waals surface area contributed by atoms with Crippen molar-refractivity contribution >= 4 is 11.7 Å². The van der Waals surface area contributed by atoms with Gasteiger partial charge in [-0.3, -0.25) is 4.79 Å². The van der Waals surface area contributed by atoms with Crippen molar-refractivity contribution in [2.75, 3.05) is 13.1 Å². The van der Waals surface area contributed by atoms with Gasteiger partial charge in [0.1, 0.15) is 5.84 Å². The van der Waals surface area contributed by atoms with Gasteiger partial charge in [0.25, 0.3) is 0 Å². The van der Waals surface area contributed by atoms with Crippen molar-refractivity contribution in [2.24, 2.45) is 16.8 Å². The lowest BCUT2D eigenvalue weighted by atomic mass is 10.1. The lowest BCUT2D eigenvalue weighted by Gasteiger charge is -2.11. The minimum Gasteiger partial charge on any atom is -0.409 e. The summed E-state index contributed by atoms with van der Waals surface area (Å²) in [6.07, 6.45) is 0. The first-order chi connectivity index (χ1) is 9.13. The van der Waals surface area contributed by atoms with Gasteiger partial charge in [0.05, 0.1) is 6.54 Å². The molecule has 0 saturated heterocycles. The number of amides is 1. The maximum atomic E-state index is 11.6. The van der Waals surface area contributed by atoms with Gasteiger partial charge in [0, 0.05) is 19.0 Å². The van der Waals surface area contributed by atoms with Crippen LogP contribution in [-0.4, -0.2) is 30.0 Å². The molecule has 104 valence electrons. The fourth-order valence-electron chi connectivity index (χ4n) is 1.46. The molecule has 0 saturated carbocycles. The van der Waals surface area contributed by atoms with E-state index in [2.05, 4.69) is 15.8 Å². The van der Waals surface area contributed by atoms with Crippen molar-refractivity contribution in [1.82, 2.24) is 10.6 Å². The van der Waals surface area contributed by atoms with Crippen LogP contribution in [0.2, 0.25) is 0 Å². The van der Waals surface area contributed by atoms with Gasteiger partial charge in [-0.25, -0.2) is 0 Å². The molecule has 0 spiro atoms. The summed E-state index contributed by atoms with van der Waals surface area (Å²) in [6, 6.07) is 9.70. The Morgan fingerprint density at radius 1 is 1.42 bits per heavy atom. The number of benzene rings is 1. The monoisotopic (exact) mass is 264 g/mol. The first kappa shape index (κ1) is 15.0. The van der Waals surface area contributed by atoms with Crippen molar-refractivity contribution in [3.05, 3.63) is 35.9 Å². The van der Waals surface area contributed by atoms with E-state index in [-0.39, 0.29) is 24.2 Å². The largest absolute Gasteiger partial charge is 0.409 e. The molecule has 0 fully saturated rings. The topological polar surface area (TPSA) is 99.7 Å². The minimum atomic E-state index is -0.119. The molecular weight excluding hydrogens is 244 g/mol. The average molecular weight is 264 g/mol. The summed E-state index contributed by atoms with van der Waals surface area (Å²) in [6.45, 7) is 3.01. The molecule has 1 rings (SSSR count). The van der Waals surface area contributed by atoms with Crippen molar-refractivity contribution < 1.29 is 10.0 Å². The molecule has 19 heavy (non-hydrogen) atoms. The summed E-state index contributed by atoms with van der Waals surface area (Å²) < 4.78 is 0. The number of rotatable bonds is 7. The Hall–Kier alpha value is -2.08. The van der Waals surface area contributed by atoms with E-state index < -0.39 is 0 Å². The molecule has 0 aliphatic heterocycles. The van der Waals surface area contributed by atoms with E-state index in [0.29, 0.717) is 13.1 Å². The van der Waals surface area contributed by atoms with Crippen LogP contribution in [0, 0.1) is 5.92 Å². The molecule has 0 heterocycles. The number of nitrogens with two attached hydrogens (primary N) is 1. The second kappa shape index (κ2) is 8.10. The number of hydrogen-bond acceptors (Lipinski definition) is 4. The van der Waals surface area contributed by atoms with E-state index in [4.69, 9.17) is 10.9 Å². The number of hydrogen-bond donors (Lipinski definition) is 4. The molecule has 0 aliphatic rings. The third-order valence-corrected chi connectivity index (χ3v) is 2.69. The first-order valence-electron chi connectivity index (χ1n) is 6.12. The lowest BCUT2D eigenvalue weighted by molar-refractivity contribution is -0.120. The molecule has 0 aromatic heterocycles. The van der Waals surface area contributed by atoms with E-state index in [9.17, 15) is 4.79 Å². The summed E-state index contributed by atoms with van der Waals surface area (Å²) in [5, 5.41) is 17.2. The summed E-state index contributed by atoms with van der Waals surface area (Å²) in [7, 11) is 0. The number of carbonyl (C=O) groups is 1. The molecule has 1 atom stereocenters. The van der Waals surface area contributed by atoms with Gasteiger partial charge in [-0.2, -0.15) is 0 Å². The molecule has 0 bridgehead atoms. The Kier molecular flexibility index (Phi) is 6.38. The highest BCUT2D eigenvalue weighted by Crippen LogP contribution is 1.96. The number of oxime groups is 1. The van der Waals surface area contributed by atoms with E-state index in [0.717, 1.165) is 5.56 Å². The Balaban J connectivity index is 2.18. The quantitative estimate of drug-likeness (QED) is 0.246. The Morgan fingerprint density at radius 2 is 2.11 bits per heavy atom. The summed E-state index contributed by atoms with van der Waals surface area (Å²) >= 11 is 0. The Morgan fingerprint density at radius 3 is 2.74 bits per heavy atom. The summed E-state index contributed by atoms with van der Waals surface area (Å²) in [4.78, 5) is 11.6. The molecule has 0 aliphatic carbocycles. The van der Waals surface area contributed by atoms with Crippen LogP contribution in [0.15, 0.2) is 35.5 Å². The van der Waals surface area contributed by atoms with E-state index >= 15 is 0 Å². The van der Waals surface area contributed by atoms with Gasteiger partial charge in [-0.05, 0) is 5.56 Å². The van der Waals surface area contributed by atoms with Gasteiger partial charge < -0.3 is 21.6 Å². The Labute approximate surface area is 112 Å². The van der Waals surface area contributed by atoms with Crippen LogP contribution in [0.1, 0.15) is 12.5 Å². The average Bonchev–Trinajstić information content (AvgIpc) is 2.45. The molecule has 5 N–H and O–H groups in total. The molecular formula is C13H20N4O2. The van der Waals surface area contributed by atoms with Crippen LogP contribution < -0.4 is 16.4 Å². The molecule has 1 amide bonds. The second-order valence-corrected chi connectivity index (χ2v) is 4.32. The third kappa shape index (κ3) is 5.87. The van der Waals surface area contributed by atoms with E-state index in [1.54, 1.807) is 0 Å². The number of amidine groups is 1. The minimum absolute atomic E-state index is 0.0874. The van der Waals surface area contributed by atoms with Gasteiger partial charge >= 0.3 is 0 Å². The molecule has 1 unspecified atom stereocenters. The fraction of sp³-hybridized carbons (Fsp3) is 0.385. The first-order valence-corrected chi connectivity index (χ1v) is 6.12. The second-order valence-electron chi connectivity index (χ2n) is 4.32. The van der Waals surface area contributed by atoms with Crippen molar-refractivity contribution in [3.63, 3.8) is 0 Å². The van der Waals surface area contributed by atoms with Crippen LogP contribution >= 0.6 is 0 Å². The highest BCUT2D eigenvalue weighted by molar-refractivity contribution is 5.82. The van der Waals surface area contributed by atoms with Crippen molar-refractivity contribution in [3.8, 4) is 0 Å². The standard InChI is InChI=1S/C13H20N4O2/c1-10(13(14)17-19)7-15-9-12(18)16-8-11-5-3-2-4-6-11/h2-6,10,15,19H,7-9H2,1H3,(H2,14,17)(H,16,18). The lowest BCUT2D eigenvalue weighted by Crippen LogP contribution is -2.38. The third-order valence-electron chi connectivity index (χ3n) is 2.69.